The van der Waals surface area contributed by atoms with Crippen molar-refractivity contribution in [3.8, 4) is 0 Å². The number of carbonyl (C=O) groups is 2. The molecule has 0 bridgehead atoms. The molecule has 0 fully saturated rings. The predicted molar refractivity (Wildman–Crippen MR) is 60.2 cm³/mol. The number of nitro groups is 1. The maximum Gasteiger partial charge on any atom is 0.374 e. The molecule has 0 saturated carbocycles. The first-order valence-electron chi connectivity index (χ1n) is 5.18. The predicted octanol–water partition coefficient (Wildman–Crippen LogP) is 1.71. The van der Waals surface area contributed by atoms with Gasteiger partial charge in [-0.1, -0.05) is 6.92 Å². The summed E-state index contributed by atoms with van der Waals surface area (Å²) in [5, 5.41) is 12.8. The summed E-state index contributed by atoms with van der Waals surface area (Å²) in [6.07, 6.45) is 0.618. The Morgan fingerprint density at radius 2 is 2.22 bits per heavy atom. The molecular weight excluding hydrogens is 244 g/mol. The normalized spacial score (nSPS) is 9.89. The van der Waals surface area contributed by atoms with Gasteiger partial charge in [-0.2, -0.15) is 0 Å². The Kier molecular flexibility index (Phi) is 4.41. The molecule has 18 heavy (non-hydrogen) atoms. The van der Waals surface area contributed by atoms with E-state index in [0.29, 0.717) is 6.42 Å². The number of amides is 1. The van der Waals surface area contributed by atoms with Crippen LogP contribution in [0.3, 0.4) is 0 Å². The minimum Gasteiger partial charge on any atom is -0.460 e. The number of hydrogen-bond acceptors (Lipinski definition) is 6. The van der Waals surface area contributed by atoms with Crippen molar-refractivity contribution in [3.63, 3.8) is 0 Å². The average Bonchev–Trinajstić information content (AvgIpc) is 2.69. The van der Waals surface area contributed by atoms with E-state index in [-0.39, 0.29) is 18.3 Å². The molecule has 1 rings (SSSR count). The summed E-state index contributed by atoms with van der Waals surface area (Å²) in [7, 11) is 0. The molecule has 0 aliphatic rings. The molecule has 0 aliphatic heterocycles. The van der Waals surface area contributed by atoms with Crippen molar-refractivity contribution in [3.05, 3.63) is 21.9 Å². The first kappa shape index (κ1) is 13.7. The number of anilines is 1. The molecule has 0 atom stereocenters. The molecule has 1 heterocycles. The van der Waals surface area contributed by atoms with Gasteiger partial charge in [0.25, 0.3) is 5.88 Å². The van der Waals surface area contributed by atoms with E-state index in [2.05, 4.69) is 5.32 Å². The second-order valence-electron chi connectivity index (χ2n) is 3.40. The van der Waals surface area contributed by atoms with Gasteiger partial charge in [-0.05, 0) is 6.42 Å². The van der Waals surface area contributed by atoms with Crippen molar-refractivity contribution in [1.82, 2.24) is 0 Å². The number of nitrogens with one attached hydrogen (secondary N) is 1. The summed E-state index contributed by atoms with van der Waals surface area (Å²) in [5.74, 6) is -2.05. The van der Waals surface area contributed by atoms with E-state index in [4.69, 9.17) is 9.15 Å². The topological polar surface area (TPSA) is 112 Å². The van der Waals surface area contributed by atoms with Crippen LogP contribution < -0.4 is 5.32 Å². The maximum atomic E-state index is 11.4. The molecule has 0 saturated heterocycles. The number of esters is 1. The van der Waals surface area contributed by atoms with Gasteiger partial charge in [0.1, 0.15) is 0 Å². The highest BCUT2D eigenvalue weighted by atomic mass is 16.6. The monoisotopic (exact) mass is 256 g/mol. The van der Waals surface area contributed by atoms with Crippen molar-refractivity contribution in [2.45, 2.75) is 20.3 Å². The van der Waals surface area contributed by atoms with Gasteiger partial charge in [-0.15, -0.1) is 0 Å². The number of furan rings is 1. The van der Waals surface area contributed by atoms with E-state index in [1.807, 2.05) is 0 Å². The SMILES string of the molecule is CCCOC(=O)c1cc([N+](=O)[O-])c(NC(C)=O)o1. The summed E-state index contributed by atoms with van der Waals surface area (Å²) in [4.78, 5) is 32.2. The lowest BCUT2D eigenvalue weighted by Gasteiger charge is -1.98. The van der Waals surface area contributed by atoms with E-state index >= 15 is 0 Å². The van der Waals surface area contributed by atoms with Gasteiger partial charge >= 0.3 is 11.7 Å². The number of hydrogen-bond donors (Lipinski definition) is 1. The van der Waals surface area contributed by atoms with E-state index in [0.717, 1.165) is 6.07 Å². The molecule has 0 aliphatic carbocycles. The first-order chi connectivity index (χ1) is 8.45. The van der Waals surface area contributed by atoms with Crippen LogP contribution >= 0.6 is 0 Å². The molecule has 0 spiro atoms. The Hall–Kier alpha value is -2.38. The van der Waals surface area contributed by atoms with Gasteiger partial charge in [0.2, 0.25) is 11.7 Å². The summed E-state index contributed by atoms with van der Waals surface area (Å²) < 4.78 is 9.66. The lowest BCUT2D eigenvalue weighted by molar-refractivity contribution is -0.384. The zero-order chi connectivity index (χ0) is 13.7. The second kappa shape index (κ2) is 5.80. The lowest BCUT2D eigenvalue weighted by atomic mass is 10.4. The molecule has 98 valence electrons. The standard InChI is InChI=1S/C10H12N2O6/c1-3-4-17-10(14)8-5-7(12(15)16)9(18-8)11-6(2)13/h5H,3-4H2,1-2H3,(H,11,13). The van der Waals surface area contributed by atoms with E-state index in [9.17, 15) is 19.7 Å². The van der Waals surface area contributed by atoms with E-state index in [1.165, 1.54) is 6.92 Å². The highest BCUT2D eigenvalue weighted by Gasteiger charge is 2.26. The van der Waals surface area contributed by atoms with Gasteiger partial charge in [0, 0.05) is 6.92 Å². The molecule has 8 heteroatoms. The van der Waals surface area contributed by atoms with Crippen molar-refractivity contribution < 1.29 is 23.7 Å². The smallest absolute Gasteiger partial charge is 0.374 e. The van der Waals surface area contributed by atoms with Crippen LogP contribution in [0.2, 0.25) is 0 Å². The summed E-state index contributed by atoms with van der Waals surface area (Å²) in [6, 6.07) is 0.920. The molecule has 1 N–H and O–H groups in total. The molecule has 1 amide bonds. The Morgan fingerprint density at radius 3 is 2.72 bits per heavy atom. The number of rotatable bonds is 5. The van der Waals surface area contributed by atoms with Crippen LogP contribution in [0.5, 0.6) is 0 Å². The highest BCUT2D eigenvalue weighted by Crippen LogP contribution is 2.29. The van der Waals surface area contributed by atoms with Crippen molar-refractivity contribution in [1.29, 1.82) is 0 Å². The zero-order valence-corrected chi connectivity index (χ0v) is 9.89. The molecule has 0 radical (unpaired) electrons. The summed E-state index contributed by atoms with van der Waals surface area (Å²) in [5.41, 5.74) is -0.492. The van der Waals surface area contributed by atoms with Crippen molar-refractivity contribution in [2.24, 2.45) is 0 Å². The van der Waals surface area contributed by atoms with Gasteiger partial charge in [0.15, 0.2) is 0 Å². The van der Waals surface area contributed by atoms with E-state index < -0.39 is 22.5 Å². The maximum absolute atomic E-state index is 11.4. The summed E-state index contributed by atoms with van der Waals surface area (Å²) >= 11 is 0. The van der Waals surface area contributed by atoms with Crippen LogP contribution in [0.15, 0.2) is 10.5 Å². The van der Waals surface area contributed by atoms with Crippen molar-refractivity contribution in [2.75, 3.05) is 11.9 Å². The van der Waals surface area contributed by atoms with E-state index in [1.54, 1.807) is 6.92 Å². The van der Waals surface area contributed by atoms with Crippen LogP contribution in [0.1, 0.15) is 30.8 Å². The number of ether oxygens (including phenoxy) is 1. The highest BCUT2D eigenvalue weighted by molar-refractivity contribution is 5.93. The molecule has 0 aromatic carbocycles. The largest absolute Gasteiger partial charge is 0.460 e. The zero-order valence-electron chi connectivity index (χ0n) is 9.89. The fourth-order valence-electron chi connectivity index (χ4n) is 1.13. The van der Waals surface area contributed by atoms with Crippen molar-refractivity contribution >= 4 is 23.4 Å². The Bertz CT molecular complexity index is 479. The Balaban J connectivity index is 2.98. The quantitative estimate of drug-likeness (QED) is 0.487. The molecule has 8 nitrogen and oxygen atoms in total. The second-order valence-corrected chi connectivity index (χ2v) is 3.40. The average molecular weight is 256 g/mol. The van der Waals surface area contributed by atoms with Crippen LogP contribution in [0.4, 0.5) is 11.6 Å². The molecular formula is C10H12N2O6. The lowest BCUT2D eigenvalue weighted by Crippen LogP contribution is -2.06. The fourth-order valence-corrected chi connectivity index (χ4v) is 1.13. The van der Waals surface area contributed by atoms with Crippen LogP contribution in [0, 0.1) is 10.1 Å². The molecule has 0 unspecified atom stereocenters. The van der Waals surface area contributed by atoms with Crippen LogP contribution in [-0.2, 0) is 9.53 Å². The van der Waals surface area contributed by atoms with Crippen LogP contribution in [-0.4, -0.2) is 23.4 Å². The van der Waals surface area contributed by atoms with Gasteiger partial charge < -0.3 is 9.15 Å². The third kappa shape index (κ3) is 3.30. The first-order valence-corrected chi connectivity index (χ1v) is 5.18. The minimum atomic E-state index is -0.809. The summed E-state index contributed by atoms with van der Waals surface area (Å²) in [6.45, 7) is 3.16. The molecule has 1 aromatic rings. The van der Waals surface area contributed by atoms with Gasteiger partial charge in [0.05, 0.1) is 17.6 Å². The van der Waals surface area contributed by atoms with Gasteiger partial charge in [-0.3, -0.25) is 20.2 Å². The third-order valence-corrected chi connectivity index (χ3v) is 1.84. The number of nitrogens with zero attached hydrogens (tertiary/aromatic N) is 1. The van der Waals surface area contributed by atoms with Crippen LogP contribution in [0.25, 0.3) is 0 Å². The fraction of sp³-hybridized carbons (Fsp3) is 0.400. The Labute approximate surface area is 102 Å². The minimum absolute atomic E-state index is 0.183. The third-order valence-electron chi connectivity index (χ3n) is 1.84. The number of carbonyl (C=O) groups excluding carboxylic acids is 2. The Morgan fingerprint density at radius 1 is 1.56 bits per heavy atom. The molecule has 1 aromatic heterocycles. The van der Waals surface area contributed by atoms with Gasteiger partial charge in [-0.25, -0.2) is 4.79 Å².